The van der Waals surface area contributed by atoms with Gasteiger partial charge in [-0.05, 0) is 0 Å². The molecule has 7 heteroatoms. The van der Waals surface area contributed by atoms with Crippen LogP contribution in [0.3, 0.4) is 0 Å². The van der Waals surface area contributed by atoms with E-state index in [0.717, 1.165) is 18.1 Å². The zero-order chi connectivity index (χ0) is 12.1. The lowest BCUT2D eigenvalue weighted by atomic mass is 10.4. The summed E-state index contributed by atoms with van der Waals surface area (Å²) in [5.74, 6) is 0.767. The van der Waals surface area contributed by atoms with Gasteiger partial charge in [0.1, 0.15) is 0 Å². The minimum absolute atomic E-state index is 0.677. The van der Waals surface area contributed by atoms with E-state index in [2.05, 4.69) is 20.7 Å². The molecule has 0 amide bonds. The highest BCUT2D eigenvalue weighted by Crippen LogP contribution is 2.02. The van der Waals surface area contributed by atoms with E-state index in [4.69, 9.17) is 4.74 Å². The maximum Gasteiger partial charge on any atom is 0.176 e. The second kappa shape index (κ2) is 5.55. The van der Waals surface area contributed by atoms with Crippen molar-refractivity contribution >= 4 is 0 Å². The average molecular weight is 236 g/mol. The number of aryl methyl sites for hydroxylation is 1. The summed E-state index contributed by atoms with van der Waals surface area (Å²) in [6.07, 6.45) is 3.73. The van der Waals surface area contributed by atoms with E-state index < -0.39 is 0 Å². The van der Waals surface area contributed by atoms with Gasteiger partial charge >= 0.3 is 0 Å². The lowest BCUT2D eigenvalue weighted by Crippen LogP contribution is -2.18. The Bertz CT molecular complexity index is 463. The fourth-order valence-electron chi connectivity index (χ4n) is 1.41. The Morgan fingerprint density at radius 1 is 1.47 bits per heavy atom. The number of hydrogen-bond donors (Lipinski definition) is 1. The van der Waals surface area contributed by atoms with Crippen LogP contribution in [0, 0.1) is 0 Å². The standard InChI is InChI=1S/C10H16N6O/c1-15-5-3-10(13-15)16-8-9(12-14-16)7-11-4-6-17-2/h3,5,8,11H,4,6-7H2,1-2H3. The van der Waals surface area contributed by atoms with Gasteiger partial charge in [-0.25, -0.2) is 4.68 Å². The Labute approximate surface area is 99.4 Å². The highest BCUT2D eigenvalue weighted by Gasteiger charge is 2.04. The van der Waals surface area contributed by atoms with Gasteiger partial charge in [-0.15, -0.1) is 5.10 Å². The maximum absolute atomic E-state index is 4.94. The average Bonchev–Trinajstić information content (AvgIpc) is 2.93. The van der Waals surface area contributed by atoms with Crippen LogP contribution in [-0.4, -0.2) is 45.0 Å². The van der Waals surface area contributed by atoms with E-state index in [0.29, 0.717) is 13.2 Å². The minimum Gasteiger partial charge on any atom is -0.383 e. The molecule has 0 saturated carbocycles. The van der Waals surface area contributed by atoms with Crippen LogP contribution in [0.4, 0.5) is 0 Å². The number of nitrogens with one attached hydrogen (secondary N) is 1. The smallest absolute Gasteiger partial charge is 0.176 e. The topological polar surface area (TPSA) is 69.8 Å². The number of methoxy groups -OCH3 is 1. The van der Waals surface area contributed by atoms with E-state index >= 15 is 0 Å². The van der Waals surface area contributed by atoms with Crippen LogP contribution in [0.1, 0.15) is 5.69 Å². The fourth-order valence-corrected chi connectivity index (χ4v) is 1.41. The van der Waals surface area contributed by atoms with Gasteiger partial charge in [0.05, 0.1) is 18.5 Å². The molecule has 0 aliphatic carbocycles. The Morgan fingerprint density at radius 3 is 3.06 bits per heavy atom. The monoisotopic (exact) mass is 236 g/mol. The molecule has 0 bridgehead atoms. The first-order valence-electron chi connectivity index (χ1n) is 5.40. The first-order chi connectivity index (χ1) is 8.29. The molecule has 2 heterocycles. The molecule has 0 aromatic carbocycles. The lowest BCUT2D eigenvalue weighted by molar-refractivity contribution is 0.199. The van der Waals surface area contributed by atoms with Crippen LogP contribution < -0.4 is 5.32 Å². The molecular weight excluding hydrogens is 220 g/mol. The molecule has 2 rings (SSSR count). The molecule has 0 unspecified atom stereocenters. The molecule has 1 N–H and O–H groups in total. The van der Waals surface area contributed by atoms with E-state index in [1.807, 2.05) is 25.5 Å². The van der Waals surface area contributed by atoms with Crippen LogP contribution in [0.5, 0.6) is 0 Å². The third kappa shape index (κ3) is 3.11. The summed E-state index contributed by atoms with van der Waals surface area (Å²) in [7, 11) is 3.55. The third-order valence-corrected chi connectivity index (χ3v) is 2.26. The third-order valence-electron chi connectivity index (χ3n) is 2.26. The van der Waals surface area contributed by atoms with Crippen molar-refractivity contribution in [2.24, 2.45) is 7.05 Å². The largest absolute Gasteiger partial charge is 0.383 e. The summed E-state index contributed by atoms with van der Waals surface area (Å²) in [6, 6.07) is 1.89. The molecule has 0 aliphatic rings. The van der Waals surface area contributed by atoms with Crippen molar-refractivity contribution in [2.45, 2.75) is 6.54 Å². The Balaban J connectivity index is 1.92. The normalized spacial score (nSPS) is 10.9. The quantitative estimate of drug-likeness (QED) is 0.700. The molecule has 17 heavy (non-hydrogen) atoms. The summed E-state index contributed by atoms with van der Waals surface area (Å²) in [6.45, 7) is 2.16. The molecule has 2 aromatic rings. The van der Waals surface area contributed by atoms with Crippen molar-refractivity contribution in [2.75, 3.05) is 20.3 Å². The van der Waals surface area contributed by atoms with Crippen molar-refractivity contribution in [1.82, 2.24) is 30.1 Å². The zero-order valence-corrected chi connectivity index (χ0v) is 10.00. The maximum atomic E-state index is 4.94. The number of ether oxygens (including phenoxy) is 1. The van der Waals surface area contributed by atoms with Gasteiger partial charge in [-0.2, -0.15) is 5.10 Å². The van der Waals surface area contributed by atoms with Gasteiger partial charge in [0.2, 0.25) is 0 Å². The molecular formula is C10H16N6O. The number of nitrogens with zero attached hydrogens (tertiary/aromatic N) is 5. The first kappa shape index (κ1) is 11.7. The van der Waals surface area contributed by atoms with Gasteiger partial charge in [-0.3, -0.25) is 4.68 Å². The van der Waals surface area contributed by atoms with E-state index in [1.165, 1.54) is 0 Å². The molecule has 92 valence electrons. The molecule has 2 aromatic heterocycles. The van der Waals surface area contributed by atoms with Gasteiger partial charge in [0, 0.05) is 39.5 Å². The van der Waals surface area contributed by atoms with E-state index in [9.17, 15) is 0 Å². The highest BCUT2D eigenvalue weighted by molar-refractivity contribution is 5.18. The van der Waals surface area contributed by atoms with Crippen LogP contribution in [0.15, 0.2) is 18.5 Å². The molecule has 0 fully saturated rings. The predicted molar refractivity (Wildman–Crippen MR) is 61.7 cm³/mol. The van der Waals surface area contributed by atoms with Crippen LogP contribution in [0.25, 0.3) is 5.82 Å². The highest BCUT2D eigenvalue weighted by atomic mass is 16.5. The van der Waals surface area contributed by atoms with Crippen LogP contribution >= 0.6 is 0 Å². The Kier molecular flexibility index (Phi) is 3.84. The van der Waals surface area contributed by atoms with Crippen LogP contribution in [0.2, 0.25) is 0 Å². The lowest BCUT2D eigenvalue weighted by Gasteiger charge is -1.99. The second-order valence-corrected chi connectivity index (χ2v) is 3.67. The fraction of sp³-hybridized carbons (Fsp3) is 0.500. The van der Waals surface area contributed by atoms with Crippen LogP contribution in [-0.2, 0) is 18.3 Å². The summed E-state index contributed by atoms with van der Waals surface area (Å²) in [5, 5.41) is 15.5. The predicted octanol–water partition coefficient (Wildman–Crippen LogP) is -0.263. The Morgan fingerprint density at radius 2 is 2.35 bits per heavy atom. The minimum atomic E-state index is 0.677. The van der Waals surface area contributed by atoms with Crippen molar-refractivity contribution in [1.29, 1.82) is 0 Å². The molecule has 0 atom stereocenters. The number of rotatable bonds is 6. The first-order valence-corrected chi connectivity index (χ1v) is 5.40. The summed E-state index contributed by atoms with van der Waals surface area (Å²) < 4.78 is 8.33. The SMILES string of the molecule is COCCNCc1cn(-c2ccn(C)n2)nn1. The van der Waals surface area contributed by atoms with Crippen molar-refractivity contribution in [3.63, 3.8) is 0 Å². The number of aromatic nitrogens is 5. The zero-order valence-electron chi connectivity index (χ0n) is 10.00. The molecule has 0 spiro atoms. The summed E-state index contributed by atoms with van der Waals surface area (Å²) in [4.78, 5) is 0. The van der Waals surface area contributed by atoms with E-state index in [-0.39, 0.29) is 0 Å². The Hall–Kier alpha value is -1.73. The van der Waals surface area contributed by atoms with Gasteiger partial charge in [-0.1, -0.05) is 5.21 Å². The molecule has 0 aliphatic heterocycles. The molecule has 0 saturated heterocycles. The number of hydrogen-bond acceptors (Lipinski definition) is 5. The van der Waals surface area contributed by atoms with Gasteiger partial charge in [0.15, 0.2) is 5.82 Å². The van der Waals surface area contributed by atoms with Crippen molar-refractivity contribution < 1.29 is 4.74 Å². The molecule has 0 radical (unpaired) electrons. The van der Waals surface area contributed by atoms with Crippen molar-refractivity contribution in [3.05, 3.63) is 24.2 Å². The van der Waals surface area contributed by atoms with Gasteiger partial charge in [0.25, 0.3) is 0 Å². The van der Waals surface area contributed by atoms with Gasteiger partial charge < -0.3 is 10.1 Å². The van der Waals surface area contributed by atoms with Crippen molar-refractivity contribution in [3.8, 4) is 5.82 Å². The second-order valence-electron chi connectivity index (χ2n) is 3.67. The molecule has 7 nitrogen and oxygen atoms in total. The summed E-state index contributed by atoms with van der Waals surface area (Å²) >= 11 is 0. The summed E-state index contributed by atoms with van der Waals surface area (Å²) in [5.41, 5.74) is 0.881. The van der Waals surface area contributed by atoms with E-state index in [1.54, 1.807) is 16.5 Å².